The summed E-state index contributed by atoms with van der Waals surface area (Å²) in [4.78, 5) is 27.3. The van der Waals surface area contributed by atoms with Gasteiger partial charge in [0.15, 0.2) is 0 Å². The largest absolute Gasteiger partial charge is 0.387 e. The zero-order valence-corrected chi connectivity index (χ0v) is 16.2. The fraction of sp³-hybridized carbons (Fsp3) is 0.333. The van der Waals surface area contributed by atoms with E-state index in [0.717, 1.165) is 6.42 Å². The standard InChI is InChI=1S/C18H18Cl2N2O3S/c19-12-7-11(8-13(20)9-12)15(23)10-21-17(24)14-3-1-5-22(14)18(25)16-4-2-6-26-16/h2,4,6-9,14-15,23H,1,3,5,10H2,(H,21,24)/t14-,15-/m0/s1. The molecule has 2 atom stereocenters. The first-order chi connectivity index (χ1) is 12.5. The van der Waals surface area contributed by atoms with Gasteiger partial charge in [-0.3, -0.25) is 9.59 Å². The summed E-state index contributed by atoms with van der Waals surface area (Å²) < 4.78 is 0. The van der Waals surface area contributed by atoms with E-state index in [1.165, 1.54) is 11.3 Å². The minimum Gasteiger partial charge on any atom is -0.387 e. The number of nitrogens with zero attached hydrogens (tertiary/aromatic N) is 1. The van der Waals surface area contributed by atoms with Crippen LogP contribution >= 0.6 is 34.5 Å². The van der Waals surface area contributed by atoms with E-state index in [9.17, 15) is 14.7 Å². The number of carbonyl (C=O) groups is 2. The lowest BCUT2D eigenvalue weighted by molar-refractivity contribution is -0.125. The average molecular weight is 413 g/mol. The SMILES string of the molecule is O=C(NC[C@H](O)c1cc(Cl)cc(Cl)c1)[C@@H]1CCCN1C(=O)c1cccs1. The maximum Gasteiger partial charge on any atom is 0.264 e. The van der Waals surface area contributed by atoms with E-state index >= 15 is 0 Å². The highest BCUT2D eigenvalue weighted by molar-refractivity contribution is 7.12. The predicted molar refractivity (Wildman–Crippen MR) is 103 cm³/mol. The highest BCUT2D eigenvalue weighted by Gasteiger charge is 2.34. The monoisotopic (exact) mass is 412 g/mol. The number of amides is 2. The quantitative estimate of drug-likeness (QED) is 0.788. The maximum atomic E-state index is 12.5. The van der Waals surface area contributed by atoms with Gasteiger partial charge in [0.1, 0.15) is 6.04 Å². The van der Waals surface area contributed by atoms with Crippen LogP contribution in [-0.4, -0.2) is 41.0 Å². The van der Waals surface area contributed by atoms with Crippen molar-refractivity contribution >= 4 is 46.4 Å². The van der Waals surface area contributed by atoms with E-state index in [4.69, 9.17) is 23.2 Å². The van der Waals surface area contributed by atoms with Crippen molar-refractivity contribution in [3.05, 3.63) is 56.2 Å². The molecule has 1 aliphatic rings. The number of aliphatic hydroxyl groups excluding tert-OH is 1. The first-order valence-electron chi connectivity index (χ1n) is 8.22. The molecular weight excluding hydrogens is 395 g/mol. The van der Waals surface area contributed by atoms with Gasteiger partial charge in [0, 0.05) is 23.1 Å². The Bertz CT molecular complexity index is 777. The molecule has 0 spiro atoms. The maximum absolute atomic E-state index is 12.5. The zero-order chi connectivity index (χ0) is 18.7. The Hall–Kier alpha value is -1.60. The molecule has 8 heteroatoms. The lowest BCUT2D eigenvalue weighted by Gasteiger charge is -2.24. The van der Waals surface area contributed by atoms with E-state index < -0.39 is 12.1 Å². The van der Waals surface area contributed by atoms with Crippen LogP contribution in [0.4, 0.5) is 0 Å². The number of hydrogen-bond donors (Lipinski definition) is 2. The van der Waals surface area contributed by atoms with Gasteiger partial charge in [-0.25, -0.2) is 0 Å². The molecule has 0 radical (unpaired) electrons. The summed E-state index contributed by atoms with van der Waals surface area (Å²) in [5, 5.41) is 15.7. The van der Waals surface area contributed by atoms with Crippen molar-refractivity contribution in [1.29, 1.82) is 0 Å². The Morgan fingerprint density at radius 3 is 2.69 bits per heavy atom. The number of aliphatic hydroxyl groups is 1. The molecule has 0 bridgehead atoms. The second kappa shape index (κ2) is 8.39. The Labute approximate surface area is 165 Å². The third kappa shape index (κ3) is 4.38. The molecule has 1 aromatic heterocycles. The van der Waals surface area contributed by atoms with Crippen molar-refractivity contribution in [1.82, 2.24) is 10.2 Å². The summed E-state index contributed by atoms with van der Waals surface area (Å²) in [6.07, 6.45) is 0.460. The lowest BCUT2D eigenvalue weighted by Crippen LogP contribution is -2.46. The first kappa shape index (κ1) is 19.2. The average Bonchev–Trinajstić information content (AvgIpc) is 3.29. The van der Waals surface area contributed by atoms with Crippen LogP contribution in [0, 0.1) is 0 Å². The Kier molecular flexibility index (Phi) is 6.19. The van der Waals surface area contributed by atoms with Crippen LogP contribution < -0.4 is 5.32 Å². The number of thiophene rings is 1. The van der Waals surface area contributed by atoms with Crippen LogP contribution in [-0.2, 0) is 4.79 Å². The zero-order valence-electron chi connectivity index (χ0n) is 13.8. The van der Waals surface area contributed by atoms with Crippen LogP contribution in [0.15, 0.2) is 35.7 Å². The molecular formula is C18H18Cl2N2O3S. The molecule has 0 aliphatic carbocycles. The number of nitrogens with one attached hydrogen (secondary N) is 1. The van der Waals surface area contributed by atoms with E-state index in [2.05, 4.69) is 5.32 Å². The Balaban J connectivity index is 1.61. The number of carbonyl (C=O) groups excluding carboxylic acids is 2. The molecule has 3 rings (SSSR count). The molecule has 138 valence electrons. The van der Waals surface area contributed by atoms with Gasteiger partial charge in [0.25, 0.3) is 5.91 Å². The summed E-state index contributed by atoms with van der Waals surface area (Å²) in [7, 11) is 0. The highest BCUT2D eigenvalue weighted by atomic mass is 35.5. The highest BCUT2D eigenvalue weighted by Crippen LogP contribution is 2.24. The Morgan fingerprint density at radius 1 is 1.31 bits per heavy atom. The number of rotatable bonds is 5. The summed E-state index contributed by atoms with van der Waals surface area (Å²) in [5.74, 6) is -0.389. The topological polar surface area (TPSA) is 69.6 Å². The van der Waals surface area contributed by atoms with Gasteiger partial charge in [-0.05, 0) is 48.1 Å². The van der Waals surface area contributed by atoms with Crippen molar-refractivity contribution in [3.63, 3.8) is 0 Å². The van der Waals surface area contributed by atoms with Crippen molar-refractivity contribution in [3.8, 4) is 0 Å². The van der Waals surface area contributed by atoms with E-state index in [-0.39, 0.29) is 18.4 Å². The molecule has 1 aliphatic heterocycles. The summed E-state index contributed by atoms with van der Waals surface area (Å²) in [6.45, 7) is 0.578. The minimum absolute atomic E-state index is 0.0209. The number of benzene rings is 1. The molecule has 26 heavy (non-hydrogen) atoms. The van der Waals surface area contributed by atoms with E-state index in [0.29, 0.717) is 33.5 Å². The number of likely N-dealkylation sites (tertiary alicyclic amines) is 1. The van der Waals surface area contributed by atoms with Gasteiger partial charge in [0.2, 0.25) is 5.91 Å². The summed E-state index contributed by atoms with van der Waals surface area (Å²) in [6, 6.07) is 7.84. The molecule has 5 nitrogen and oxygen atoms in total. The minimum atomic E-state index is -0.932. The molecule has 1 fully saturated rings. The predicted octanol–water partition coefficient (Wildman–Crippen LogP) is 3.51. The smallest absolute Gasteiger partial charge is 0.264 e. The van der Waals surface area contributed by atoms with Crippen molar-refractivity contribution in [2.45, 2.75) is 25.0 Å². The van der Waals surface area contributed by atoms with Crippen molar-refractivity contribution in [2.24, 2.45) is 0 Å². The van der Waals surface area contributed by atoms with E-state index in [1.54, 1.807) is 29.2 Å². The van der Waals surface area contributed by atoms with Gasteiger partial charge in [-0.1, -0.05) is 29.3 Å². The van der Waals surface area contributed by atoms with Gasteiger partial charge >= 0.3 is 0 Å². The molecule has 2 amide bonds. The molecule has 0 saturated carbocycles. The first-order valence-corrected chi connectivity index (χ1v) is 9.85. The van der Waals surface area contributed by atoms with Crippen molar-refractivity contribution < 1.29 is 14.7 Å². The summed E-state index contributed by atoms with van der Waals surface area (Å²) in [5.41, 5.74) is 0.528. The number of hydrogen-bond acceptors (Lipinski definition) is 4. The molecule has 2 heterocycles. The molecule has 1 saturated heterocycles. The number of halogens is 2. The molecule has 0 unspecified atom stereocenters. The van der Waals surface area contributed by atoms with Crippen LogP contribution in [0.25, 0.3) is 0 Å². The fourth-order valence-corrected chi connectivity index (χ4v) is 4.25. The molecule has 1 aromatic carbocycles. The lowest BCUT2D eigenvalue weighted by atomic mass is 10.1. The van der Waals surface area contributed by atoms with Gasteiger partial charge in [0.05, 0.1) is 11.0 Å². The van der Waals surface area contributed by atoms with E-state index in [1.807, 2.05) is 11.4 Å². The second-order valence-corrected chi connectivity index (χ2v) is 7.92. The second-order valence-electron chi connectivity index (χ2n) is 6.10. The van der Waals surface area contributed by atoms with Crippen LogP contribution in [0.1, 0.15) is 34.2 Å². The summed E-state index contributed by atoms with van der Waals surface area (Å²) >= 11 is 13.2. The van der Waals surface area contributed by atoms with Gasteiger partial charge in [-0.15, -0.1) is 11.3 Å². The van der Waals surface area contributed by atoms with Crippen LogP contribution in [0.5, 0.6) is 0 Å². The van der Waals surface area contributed by atoms with Crippen LogP contribution in [0.2, 0.25) is 10.0 Å². The third-order valence-electron chi connectivity index (χ3n) is 4.29. The Morgan fingerprint density at radius 2 is 2.04 bits per heavy atom. The van der Waals surface area contributed by atoms with Gasteiger partial charge in [-0.2, -0.15) is 0 Å². The fourth-order valence-electron chi connectivity index (χ4n) is 3.02. The molecule has 2 N–H and O–H groups in total. The van der Waals surface area contributed by atoms with Gasteiger partial charge < -0.3 is 15.3 Å². The van der Waals surface area contributed by atoms with Crippen LogP contribution in [0.3, 0.4) is 0 Å². The molecule has 2 aromatic rings. The normalized spacial score (nSPS) is 18.0. The third-order valence-corrected chi connectivity index (χ3v) is 5.58. The van der Waals surface area contributed by atoms with Crippen molar-refractivity contribution in [2.75, 3.05) is 13.1 Å².